The number of allylic oxidation sites excluding steroid dienone is 4. The highest BCUT2D eigenvalue weighted by molar-refractivity contribution is 6.04. The lowest BCUT2D eigenvalue weighted by Crippen LogP contribution is -2.15. The first kappa shape index (κ1) is 41.5. The van der Waals surface area contributed by atoms with Crippen molar-refractivity contribution in [3.05, 3.63) is 36.5 Å². The van der Waals surface area contributed by atoms with Gasteiger partial charge in [-0.1, -0.05) is 131 Å². The molecule has 0 radical (unpaired) electrons. The first-order valence-electron chi connectivity index (χ1n) is 17.5. The van der Waals surface area contributed by atoms with E-state index in [0.717, 1.165) is 36.3 Å². The zero-order chi connectivity index (χ0) is 33.3. The SMILES string of the molecule is C/C=C/CC(CC)CC(C)CCCCC.CCCCCC(C)CC(/C=C/C(C)C1CC(=O)OC1=O)CC.O=C1C=CC(=O)O1. The van der Waals surface area contributed by atoms with Crippen LogP contribution in [-0.4, -0.2) is 23.9 Å². The minimum absolute atomic E-state index is 0.0726. The number of unbranched alkanes of at least 4 members (excludes halogenated alkanes) is 4. The molecule has 2 rings (SSSR count). The highest BCUT2D eigenvalue weighted by Gasteiger charge is 2.36. The van der Waals surface area contributed by atoms with Crippen molar-refractivity contribution in [1.29, 1.82) is 0 Å². The summed E-state index contributed by atoms with van der Waals surface area (Å²) in [5.74, 6) is 1.03. The molecule has 0 N–H and O–H groups in total. The third-order valence-electron chi connectivity index (χ3n) is 8.63. The minimum Gasteiger partial charge on any atom is -0.393 e. The van der Waals surface area contributed by atoms with Crippen molar-refractivity contribution in [1.82, 2.24) is 0 Å². The highest BCUT2D eigenvalue weighted by Crippen LogP contribution is 2.27. The van der Waals surface area contributed by atoms with Gasteiger partial charge in [0.25, 0.3) is 0 Å². The first-order valence-corrected chi connectivity index (χ1v) is 17.5. The molecular formula is C38H64O6. The lowest BCUT2D eigenvalue weighted by molar-refractivity contribution is -0.154. The molecule has 0 spiro atoms. The largest absolute Gasteiger partial charge is 0.393 e. The summed E-state index contributed by atoms with van der Waals surface area (Å²) in [6.45, 7) is 17.9. The minimum atomic E-state index is -0.579. The predicted octanol–water partition coefficient (Wildman–Crippen LogP) is 10.1. The molecule has 0 aromatic carbocycles. The molecule has 44 heavy (non-hydrogen) atoms. The van der Waals surface area contributed by atoms with E-state index in [4.69, 9.17) is 0 Å². The number of cyclic esters (lactones) is 4. The predicted molar refractivity (Wildman–Crippen MR) is 181 cm³/mol. The number of ether oxygens (including phenoxy) is 2. The van der Waals surface area contributed by atoms with E-state index in [1.54, 1.807) is 0 Å². The van der Waals surface area contributed by atoms with Crippen molar-refractivity contribution in [3.8, 4) is 0 Å². The van der Waals surface area contributed by atoms with Gasteiger partial charge in [0.05, 0.1) is 12.3 Å². The number of hydrogen-bond donors (Lipinski definition) is 0. The average Bonchev–Trinajstić information content (AvgIpc) is 3.55. The summed E-state index contributed by atoms with van der Waals surface area (Å²) in [5, 5.41) is 0. The van der Waals surface area contributed by atoms with E-state index < -0.39 is 11.9 Å². The van der Waals surface area contributed by atoms with Crippen molar-refractivity contribution < 1.29 is 28.7 Å². The Morgan fingerprint density at radius 3 is 1.75 bits per heavy atom. The average molecular weight is 617 g/mol. The molecule has 0 saturated carbocycles. The van der Waals surface area contributed by atoms with Crippen LogP contribution in [0.2, 0.25) is 0 Å². The van der Waals surface area contributed by atoms with Crippen LogP contribution in [0.15, 0.2) is 36.5 Å². The van der Waals surface area contributed by atoms with Crippen LogP contribution in [0.4, 0.5) is 0 Å². The van der Waals surface area contributed by atoms with Crippen LogP contribution < -0.4 is 0 Å². The Morgan fingerprint density at radius 1 is 0.773 bits per heavy atom. The van der Waals surface area contributed by atoms with Crippen molar-refractivity contribution in [2.45, 2.75) is 145 Å². The van der Waals surface area contributed by atoms with E-state index in [1.807, 2.05) is 6.92 Å². The maximum absolute atomic E-state index is 11.6. The molecule has 0 aliphatic carbocycles. The van der Waals surface area contributed by atoms with Crippen LogP contribution in [0.1, 0.15) is 145 Å². The van der Waals surface area contributed by atoms with Gasteiger partial charge < -0.3 is 9.47 Å². The van der Waals surface area contributed by atoms with Crippen LogP contribution in [-0.2, 0) is 28.7 Å². The standard InChI is InChI=1S/C19H32O3.C15H30.C4H2O3/c1-5-7-8-9-14(3)12-16(6-2)11-10-15(4)17-13-18(20)22-19(17)21;1-5-8-10-11-14(4)13-15(7-3)12-9-6-2;5-3-1-2-4(6)7-3/h10-11,14-17H,5-9,12-13H2,1-4H3;6,9,14-15H,5,7-8,10-13H2,1-4H3;1-2H/b11-10+;9-6+;. The number of rotatable bonds is 19. The smallest absolute Gasteiger partial charge is 0.338 e. The van der Waals surface area contributed by atoms with Gasteiger partial charge in [0, 0.05) is 12.2 Å². The number of carbonyl (C=O) groups is 4. The van der Waals surface area contributed by atoms with Gasteiger partial charge in [-0.2, -0.15) is 0 Å². The Labute approximate surface area is 269 Å². The fourth-order valence-corrected chi connectivity index (χ4v) is 5.61. The molecular weight excluding hydrogens is 552 g/mol. The van der Waals surface area contributed by atoms with Crippen LogP contribution in [0.5, 0.6) is 0 Å². The maximum Gasteiger partial charge on any atom is 0.338 e. The van der Waals surface area contributed by atoms with Gasteiger partial charge in [0.2, 0.25) is 0 Å². The number of esters is 4. The molecule has 6 unspecified atom stereocenters. The number of carbonyl (C=O) groups excluding carboxylic acids is 4. The third-order valence-corrected chi connectivity index (χ3v) is 8.63. The van der Waals surface area contributed by atoms with Crippen molar-refractivity contribution in [2.75, 3.05) is 0 Å². The molecule has 6 nitrogen and oxygen atoms in total. The summed E-state index contributed by atoms with van der Waals surface area (Å²) in [5.41, 5.74) is 0. The highest BCUT2D eigenvalue weighted by atomic mass is 16.6. The monoisotopic (exact) mass is 616 g/mol. The summed E-state index contributed by atoms with van der Waals surface area (Å²) in [7, 11) is 0. The van der Waals surface area contributed by atoms with Gasteiger partial charge in [0.15, 0.2) is 0 Å². The third kappa shape index (κ3) is 20.5. The number of hydrogen-bond acceptors (Lipinski definition) is 6. The summed E-state index contributed by atoms with van der Waals surface area (Å²) in [4.78, 5) is 42.6. The molecule has 0 aromatic heterocycles. The van der Waals surface area contributed by atoms with Crippen LogP contribution in [0, 0.1) is 35.5 Å². The van der Waals surface area contributed by atoms with Gasteiger partial charge in [-0.3, -0.25) is 9.59 Å². The molecule has 2 aliphatic heterocycles. The molecule has 1 fully saturated rings. The zero-order valence-electron chi connectivity index (χ0n) is 29.3. The fraction of sp³-hybridized carbons (Fsp3) is 0.737. The molecule has 0 aromatic rings. The molecule has 6 heteroatoms. The van der Waals surface area contributed by atoms with E-state index >= 15 is 0 Å². The molecule has 2 aliphatic rings. The quantitative estimate of drug-likeness (QED) is 0.0621. The lowest BCUT2D eigenvalue weighted by atomic mass is 9.87. The summed E-state index contributed by atoms with van der Waals surface area (Å²) in [6, 6.07) is 0. The van der Waals surface area contributed by atoms with Crippen LogP contribution in [0.25, 0.3) is 0 Å². The molecule has 0 amide bonds. The zero-order valence-corrected chi connectivity index (χ0v) is 29.3. The normalized spacial score (nSPS) is 19.6. The van der Waals surface area contributed by atoms with Crippen LogP contribution in [0.3, 0.4) is 0 Å². The summed E-state index contributed by atoms with van der Waals surface area (Å²) in [6.07, 6.45) is 28.5. The molecule has 1 saturated heterocycles. The van der Waals surface area contributed by atoms with E-state index in [0.29, 0.717) is 5.92 Å². The first-order chi connectivity index (χ1) is 21.0. The Bertz CT molecular complexity index is 885. The van der Waals surface area contributed by atoms with Crippen LogP contribution >= 0.6 is 0 Å². The van der Waals surface area contributed by atoms with Gasteiger partial charge in [-0.25, -0.2) is 9.59 Å². The van der Waals surface area contributed by atoms with Crippen molar-refractivity contribution in [2.24, 2.45) is 35.5 Å². The van der Waals surface area contributed by atoms with E-state index in [1.165, 1.54) is 77.0 Å². The van der Waals surface area contributed by atoms with E-state index in [-0.39, 0.29) is 30.2 Å². The van der Waals surface area contributed by atoms with E-state index in [2.05, 4.69) is 82.2 Å². The Morgan fingerprint density at radius 2 is 1.34 bits per heavy atom. The topological polar surface area (TPSA) is 86.7 Å². The van der Waals surface area contributed by atoms with Gasteiger partial charge in [-0.05, 0) is 62.2 Å². The molecule has 252 valence electrons. The summed E-state index contributed by atoms with van der Waals surface area (Å²) < 4.78 is 8.61. The Balaban J connectivity index is 0.000000719. The molecule has 2 heterocycles. The second-order valence-corrected chi connectivity index (χ2v) is 12.8. The van der Waals surface area contributed by atoms with Crippen molar-refractivity contribution >= 4 is 23.9 Å². The molecule has 0 bridgehead atoms. The second-order valence-electron chi connectivity index (χ2n) is 12.8. The Hall–Kier alpha value is -2.50. The summed E-state index contributed by atoms with van der Waals surface area (Å²) >= 11 is 0. The van der Waals surface area contributed by atoms with Crippen molar-refractivity contribution in [3.63, 3.8) is 0 Å². The maximum atomic E-state index is 11.6. The lowest BCUT2D eigenvalue weighted by Gasteiger charge is -2.18. The Kier molecular flexibility index (Phi) is 24.3. The molecule has 6 atom stereocenters. The fourth-order valence-electron chi connectivity index (χ4n) is 5.61. The van der Waals surface area contributed by atoms with Gasteiger partial charge >= 0.3 is 23.9 Å². The van der Waals surface area contributed by atoms with Gasteiger partial charge in [0.1, 0.15) is 0 Å². The van der Waals surface area contributed by atoms with E-state index in [9.17, 15) is 19.2 Å². The second kappa shape index (κ2) is 25.8. The van der Waals surface area contributed by atoms with Gasteiger partial charge in [-0.15, -0.1) is 0 Å².